The Kier molecular flexibility index (Phi) is 3.81. The number of nitrogens with zero attached hydrogens (tertiary/aromatic N) is 1. The second-order valence-corrected chi connectivity index (χ2v) is 7.47. The molecule has 0 bridgehead atoms. The second kappa shape index (κ2) is 5.95. The number of carbonyl (C=O) groups is 2. The number of benzene rings is 2. The predicted octanol–water partition coefficient (Wildman–Crippen LogP) is 4.85. The summed E-state index contributed by atoms with van der Waals surface area (Å²) in [5.74, 6) is -0.499. The summed E-state index contributed by atoms with van der Waals surface area (Å²) >= 11 is 0. The Morgan fingerprint density at radius 3 is 2.33 bits per heavy atom. The summed E-state index contributed by atoms with van der Waals surface area (Å²) in [7, 11) is 1.37. The summed E-state index contributed by atoms with van der Waals surface area (Å²) in [6, 6.07) is 15.7. The van der Waals surface area contributed by atoms with Gasteiger partial charge in [0.15, 0.2) is 0 Å². The van der Waals surface area contributed by atoms with Gasteiger partial charge in [0.1, 0.15) is 0 Å². The van der Waals surface area contributed by atoms with Crippen LogP contribution in [0.25, 0.3) is 22.4 Å². The number of methoxy groups -OCH3 is 1. The third-order valence-electron chi connectivity index (χ3n) is 5.37. The lowest BCUT2D eigenvalue weighted by atomic mass is 9.77. The molecular weight excluding hydrogens is 338 g/mol. The molecule has 1 aliphatic heterocycles. The maximum atomic E-state index is 13.3. The molecule has 4 nitrogen and oxygen atoms in total. The summed E-state index contributed by atoms with van der Waals surface area (Å²) in [4.78, 5) is 26.0. The van der Waals surface area contributed by atoms with Gasteiger partial charge in [-0.15, -0.1) is 0 Å². The van der Waals surface area contributed by atoms with E-state index in [0.29, 0.717) is 16.8 Å². The topological polar surface area (TPSA) is 48.3 Å². The zero-order valence-corrected chi connectivity index (χ0v) is 15.9. The van der Waals surface area contributed by atoms with E-state index in [1.807, 2.05) is 69.3 Å². The van der Waals surface area contributed by atoms with E-state index >= 15 is 0 Å². The first kappa shape index (κ1) is 17.3. The minimum Gasteiger partial charge on any atom is -0.465 e. The van der Waals surface area contributed by atoms with E-state index in [4.69, 9.17) is 4.74 Å². The van der Waals surface area contributed by atoms with E-state index in [-0.39, 0.29) is 5.91 Å². The van der Waals surface area contributed by atoms with Crippen LogP contribution in [0.4, 0.5) is 0 Å². The first-order chi connectivity index (χ1) is 12.9. The van der Waals surface area contributed by atoms with Crippen LogP contribution in [0.2, 0.25) is 0 Å². The molecule has 0 saturated carbocycles. The zero-order chi connectivity index (χ0) is 19.3. The molecule has 0 aliphatic carbocycles. The molecule has 2 heterocycles. The lowest BCUT2D eigenvalue weighted by Gasteiger charge is -2.32. The first-order valence-electron chi connectivity index (χ1n) is 8.91. The molecule has 27 heavy (non-hydrogen) atoms. The Labute approximate surface area is 158 Å². The Balaban J connectivity index is 2.09. The number of rotatable bonds is 2. The smallest absolute Gasteiger partial charge is 0.340 e. The Morgan fingerprint density at radius 2 is 1.67 bits per heavy atom. The Hall–Kier alpha value is -3.14. The second-order valence-electron chi connectivity index (χ2n) is 7.47. The van der Waals surface area contributed by atoms with Crippen molar-refractivity contribution < 1.29 is 14.3 Å². The largest absolute Gasteiger partial charge is 0.465 e. The molecular formula is C23H21NO3. The van der Waals surface area contributed by atoms with Crippen LogP contribution in [0.1, 0.15) is 40.1 Å². The van der Waals surface area contributed by atoms with Crippen LogP contribution in [-0.2, 0) is 10.2 Å². The van der Waals surface area contributed by atoms with Crippen LogP contribution in [0.3, 0.4) is 0 Å². The molecule has 0 radical (unpaired) electrons. The molecule has 0 spiro atoms. The Bertz CT molecular complexity index is 1070. The molecule has 0 amide bonds. The van der Waals surface area contributed by atoms with Crippen molar-refractivity contribution in [3.05, 3.63) is 71.4 Å². The van der Waals surface area contributed by atoms with Gasteiger partial charge in [0, 0.05) is 17.3 Å². The molecule has 0 fully saturated rings. The van der Waals surface area contributed by atoms with Crippen molar-refractivity contribution in [3.63, 3.8) is 0 Å². The summed E-state index contributed by atoms with van der Waals surface area (Å²) < 4.78 is 6.70. The van der Waals surface area contributed by atoms with Crippen molar-refractivity contribution in [1.82, 2.24) is 4.57 Å². The van der Waals surface area contributed by atoms with Crippen molar-refractivity contribution in [2.75, 3.05) is 7.11 Å². The first-order valence-corrected chi connectivity index (χ1v) is 8.91. The minimum absolute atomic E-state index is 0.0558. The van der Waals surface area contributed by atoms with Gasteiger partial charge in [-0.3, -0.25) is 9.36 Å². The monoisotopic (exact) mass is 359 g/mol. The third kappa shape index (κ3) is 2.44. The number of aryl methyl sites for hydroxylation is 1. The SMILES string of the molecule is COC(=O)c1c(-c2ccc(C)cc2)cn2c1-c1ccccc1C(C)(C)C2=O. The van der Waals surface area contributed by atoms with E-state index < -0.39 is 11.4 Å². The van der Waals surface area contributed by atoms with Crippen LogP contribution in [0.15, 0.2) is 54.7 Å². The number of hydrogen-bond acceptors (Lipinski definition) is 3. The highest BCUT2D eigenvalue weighted by atomic mass is 16.5. The average molecular weight is 359 g/mol. The normalized spacial score (nSPS) is 14.4. The van der Waals surface area contributed by atoms with Gasteiger partial charge < -0.3 is 4.74 Å². The van der Waals surface area contributed by atoms with Crippen molar-refractivity contribution in [2.45, 2.75) is 26.2 Å². The fraction of sp³-hybridized carbons (Fsp3) is 0.217. The van der Waals surface area contributed by atoms with Crippen molar-refractivity contribution >= 4 is 11.9 Å². The number of hydrogen-bond donors (Lipinski definition) is 0. The highest BCUT2D eigenvalue weighted by molar-refractivity contribution is 6.10. The number of ether oxygens (including phenoxy) is 1. The maximum absolute atomic E-state index is 13.3. The predicted molar refractivity (Wildman–Crippen MR) is 105 cm³/mol. The van der Waals surface area contributed by atoms with Crippen LogP contribution < -0.4 is 0 Å². The van der Waals surface area contributed by atoms with E-state index in [1.54, 1.807) is 10.8 Å². The van der Waals surface area contributed by atoms with E-state index in [2.05, 4.69) is 0 Å². The van der Waals surface area contributed by atoms with Gasteiger partial charge in [0.05, 0.1) is 23.8 Å². The number of aromatic nitrogens is 1. The van der Waals surface area contributed by atoms with E-state index in [1.165, 1.54) is 7.11 Å². The molecule has 1 aromatic heterocycles. The maximum Gasteiger partial charge on any atom is 0.340 e. The summed E-state index contributed by atoms with van der Waals surface area (Å²) in [5, 5.41) is 0. The van der Waals surface area contributed by atoms with E-state index in [0.717, 1.165) is 22.3 Å². The van der Waals surface area contributed by atoms with Crippen LogP contribution >= 0.6 is 0 Å². The lowest BCUT2D eigenvalue weighted by Crippen LogP contribution is -2.38. The number of fused-ring (bicyclic) bond motifs is 3. The molecule has 136 valence electrons. The van der Waals surface area contributed by atoms with Gasteiger partial charge in [-0.05, 0) is 31.9 Å². The summed E-state index contributed by atoms with van der Waals surface area (Å²) in [5.41, 5.74) is 4.88. The molecule has 4 heteroatoms. The van der Waals surface area contributed by atoms with E-state index in [9.17, 15) is 9.59 Å². The fourth-order valence-corrected chi connectivity index (χ4v) is 3.84. The molecule has 3 aromatic rings. The van der Waals surface area contributed by atoms with Gasteiger partial charge in [0.2, 0.25) is 5.91 Å². The fourth-order valence-electron chi connectivity index (χ4n) is 3.84. The summed E-state index contributed by atoms with van der Waals surface area (Å²) in [6.07, 6.45) is 1.77. The average Bonchev–Trinajstić information content (AvgIpc) is 3.07. The number of esters is 1. The van der Waals surface area contributed by atoms with Gasteiger partial charge in [0.25, 0.3) is 0 Å². The van der Waals surface area contributed by atoms with Crippen LogP contribution in [-0.4, -0.2) is 23.6 Å². The standard InChI is InChI=1S/C23H21NO3/c1-14-9-11-15(12-10-14)17-13-24-20(19(17)21(25)27-4)16-7-5-6-8-18(16)23(2,3)22(24)26/h5-13H,1-4H3. The van der Waals surface area contributed by atoms with Crippen LogP contribution in [0.5, 0.6) is 0 Å². The minimum atomic E-state index is -0.680. The van der Waals surface area contributed by atoms with Gasteiger partial charge in [-0.2, -0.15) is 0 Å². The summed E-state index contributed by atoms with van der Waals surface area (Å²) in [6.45, 7) is 5.85. The Morgan fingerprint density at radius 1 is 1.00 bits per heavy atom. The molecule has 0 unspecified atom stereocenters. The van der Waals surface area contributed by atoms with Crippen LogP contribution in [0, 0.1) is 6.92 Å². The van der Waals surface area contributed by atoms with Gasteiger partial charge >= 0.3 is 5.97 Å². The highest BCUT2D eigenvalue weighted by Crippen LogP contribution is 2.44. The van der Waals surface area contributed by atoms with Crippen molar-refractivity contribution in [2.24, 2.45) is 0 Å². The number of carbonyl (C=O) groups excluding carboxylic acids is 2. The van der Waals surface area contributed by atoms with Crippen molar-refractivity contribution in [1.29, 1.82) is 0 Å². The van der Waals surface area contributed by atoms with Crippen molar-refractivity contribution in [3.8, 4) is 22.4 Å². The molecule has 2 aromatic carbocycles. The quantitative estimate of drug-likeness (QED) is 0.615. The molecule has 4 rings (SSSR count). The molecule has 1 aliphatic rings. The molecule has 0 atom stereocenters. The third-order valence-corrected chi connectivity index (χ3v) is 5.37. The van der Waals surface area contributed by atoms with Gasteiger partial charge in [-0.1, -0.05) is 54.1 Å². The molecule has 0 N–H and O–H groups in total. The zero-order valence-electron chi connectivity index (χ0n) is 15.9. The lowest BCUT2D eigenvalue weighted by molar-refractivity contribution is 0.0602. The molecule has 0 saturated heterocycles. The highest BCUT2D eigenvalue weighted by Gasteiger charge is 2.41. The van der Waals surface area contributed by atoms with Gasteiger partial charge in [-0.25, -0.2) is 4.79 Å².